The molecule has 3 heterocycles. The number of ether oxygens (including phenoxy) is 3. The molecule has 1 aliphatic carbocycles. The SMILES string of the molecule is CC1(C)CC(=O)C2=C(C1)OC(n1cccc1)=C(C#N)[C@@H]2c1ccc2c(c1)OCO2. The topological polar surface area (TPSA) is 73.5 Å². The predicted octanol–water partition coefficient (Wildman–Crippen LogP) is 4.37. The smallest absolute Gasteiger partial charge is 0.231 e. The van der Waals surface area contributed by atoms with E-state index in [4.69, 9.17) is 14.2 Å². The quantitative estimate of drug-likeness (QED) is 0.764. The van der Waals surface area contributed by atoms with Crippen LogP contribution in [0, 0.1) is 16.7 Å². The first-order chi connectivity index (χ1) is 14.0. The van der Waals surface area contributed by atoms with E-state index in [1.165, 1.54) is 0 Å². The van der Waals surface area contributed by atoms with Crippen molar-refractivity contribution in [1.29, 1.82) is 5.26 Å². The van der Waals surface area contributed by atoms with E-state index in [0.717, 1.165) is 5.56 Å². The van der Waals surface area contributed by atoms with Gasteiger partial charge in [-0.15, -0.1) is 0 Å². The van der Waals surface area contributed by atoms with E-state index in [2.05, 4.69) is 19.9 Å². The summed E-state index contributed by atoms with van der Waals surface area (Å²) in [5.41, 5.74) is 1.61. The zero-order chi connectivity index (χ0) is 20.2. The van der Waals surface area contributed by atoms with E-state index >= 15 is 0 Å². The summed E-state index contributed by atoms with van der Waals surface area (Å²) in [6.45, 7) is 4.29. The number of carbonyl (C=O) groups excluding carboxylic acids is 1. The Morgan fingerprint density at radius 1 is 1.14 bits per heavy atom. The standard InChI is InChI=1S/C23H20N2O4/c1-23(2)10-16(26)21-19(11-23)29-22(25-7-3-4-8-25)15(12-24)20(21)14-5-6-17-18(9-14)28-13-27-17/h3-9,20H,10-11,13H2,1-2H3/t20-/m0/s1. The number of nitrogens with zero attached hydrogens (tertiary/aromatic N) is 2. The van der Waals surface area contributed by atoms with E-state index < -0.39 is 5.92 Å². The lowest BCUT2D eigenvalue weighted by Crippen LogP contribution is -2.32. The van der Waals surface area contributed by atoms with Gasteiger partial charge in [-0.25, -0.2) is 0 Å². The first kappa shape index (κ1) is 17.6. The Morgan fingerprint density at radius 2 is 1.90 bits per heavy atom. The fourth-order valence-electron chi connectivity index (χ4n) is 4.33. The van der Waals surface area contributed by atoms with Crippen molar-refractivity contribution >= 4 is 11.7 Å². The van der Waals surface area contributed by atoms with Crippen molar-refractivity contribution in [3.63, 3.8) is 0 Å². The van der Waals surface area contributed by atoms with Gasteiger partial charge < -0.3 is 14.2 Å². The molecule has 0 unspecified atom stereocenters. The lowest BCUT2D eigenvalue weighted by Gasteiger charge is -2.38. The van der Waals surface area contributed by atoms with E-state index in [0.29, 0.717) is 47.1 Å². The third-order valence-corrected chi connectivity index (χ3v) is 5.60. The number of hydrogen-bond donors (Lipinski definition) is 0. The molecule has 146 valence electrons. The average molecular weight is 388 g/mol. The van der Waals surface area contributed by atoms with Gasteiger partial charge in [-0.2, -0.15) is 5.26 Å². The molecule has 1 aromatic carbocycles. The van der Waals surface area contributed by atoms with Crippen molar-refractivity contribution in [1.82, 2.24) is 4.57 Å². The summed E-state index contributed by atoms with van der Waals surface area (Å²) >= 11 is 0. The van der Waals surface area contributed by atoms with Gasteiger partial charge in [0.1, 0.15) is 17.4 Å². The maximum Gasteiger partial charge on any atom is 0.231 e. The molecular weight excluding hydrogens is 368 g/mol. The summed E-state index contributed by atoms with van der Waals surface area (Å²) in [5, 5.41) is 10.1. The van der Waals surface area contributed by atoms with E-state index in [-0.39, 0.29) is 18.0 Å². The summed E-state index contributed by atoms with van der Waals surface area (Å²) in [7, 11) is 0. The second kappa shape index (κ2) is 6.28. The zero-order valence-corrected chi connectivity index (χ0v) is 16.3. The van der Waals surface area contributed by atoms with Crippen molar-refractivity contribution < 1.29 is 19.0 Å². The minimum Gasteiger partial charge on any atom is -0.454 e. The van der Waals surface area contributed by atoms with E-state index in [1.54, 1.807) is 4.57 Å². The number of aromatic nitrogens is 1. The molecule has 0 amide bonds. The third-order valence-electron chi connectivity index (χ3n) is 5.60. The number of rotatable bonds is 2. The van der Waals surface area contributed by atoms with Crippen LogP contribution in [0.3, 0.4) is 0 Å². The van der Waals surface area contributed by atoms with Gasteiger partial charge in [-0.05, 0) is 35.2 Å². The summed E-state index contributed by atoms with van der Waals surface area (Å²) in [6, 6.07) is 11.6. The molecule has 5 rings (SSSR count). The van der Waals surface area contributed by atoms with Crippen molar-refractivity contribution in [2.45, 2.75) is 32.6 Å². The average Bonchev–Trinajstić information content (AvgIpc) is 3.36. The lowest BCUT2D eigenvalue weighted by atomic mass is 9.70. The summed E-state index contributed by atoms with van der Waals surface area (Å²) in [6.07, 6.45) is 4.74. The lowest BCUT2D eigenvalue weighted by molar-refractivity contribution is -0.118. The first-order valence-corrected chi connectivity index (χ1v) is 9.58. The second-order valence-corrected chi connectivity index (χ2v) is 8.35. The largest absolute Gasteiger partial charge is 0.454 e. The van der Waals surface area contributed by atoms with Crippen LogP contribution in [0.1, 0.15) is 38.2 Å². The Hall–Kier alpha value is -3.46. The maximum absolute atomic E-state index is 13.2. The van der Waals surface area contributed by atoms with Gasteiger partial charge in [0.2, 0.25) is 12.7 Å². The Bertz CT molecular complexity index is 1120. The van der Waals surface area contributed by atoms with Crippen LogP contribution < -0.4 is 9.47 Å². The molecule has 6 heteroatoms. The number of benzene rings is 1. The number of allylic oxidation sites excluding steroid dienone is 3. The van der Waals surface area contributed by atoms with Crippen LogP contribution in [0.5, 0.6) is 11.5 Å². The number of Topliss-reactive ketones (excluding diaryl/α,β-unsaturated/α-hetero) is 1. The van der Waals surface area contributed by atoms with Gasteiger partial charge in [0.15, 0.2) is 17.3 Å². The molecule has 6 nitrogen and oxygen atoms in total. The summed E-state index contributed by atoms with van der Waals surface area (Å²) in [5.74, 6) is 1.91. The number of ketones is 1. The molecule has 0 saturated heterocycles. The van der Waals surface area contributed by atoms with Crippen LogP contribution in [-0.2, 0) is 9.53 Å². The van der Waals surface area contributed by atoms with Crippen molar-refractivity contribution in [3.05, 3.63) is 65.2 Å². The van der Waals surface area contributed by atoms with Crippen molar-refractivity contribution in [3.8, 4) is 17.6 Å². The van der Waals surface area contributed by atoms with Gasteiger partial charge in [-0.1, -0.05) is 19.9 Å². The maximum atomic E-state index is 13.2. The highest BCUT2D eigenvalue weighted by Crippen LogP contribution is 2.50. The number of fused-ring (bicyclic) bond motifs is 1. The highest BCUT2D eigenvalue weighted by molar-refractivity contribution is 6.00. The fraction of sp³-hybridized carbons (Fsp3) is 0.304. The highest BCUT2D eigenvalue weighted by atomic mass is 16.7. The monoisotopic (exact) mass is 388 g/mol. The second-order valence-electron chi connectivity index (χ2n) is 8.35. The van der Waals surface area contributed by atoms with E-state index in [9.17, 15) is 10.1 Å². The molecule has 1 atom stereocenters. The molecule has 0 bridgehead atoms. The molecule has 3 aliphatic rings. The summed E-state index contributed by atoms with van der Waals surface area (Å²) < 4.78 is 19.0. The van der Waals surface area contributed by atoms with Gasteiger partial charge in [0, 0.05) is 30.8 Å². The van der Waals surface area contributed by atoms with Crippen LogP contribution in [0.25, 0.3) is 5.88 Å². The van der Waals surface area contributed by atoms with Crippen molar-refractivity contribution in [2.75, 3.05) is 6.79 Å². The minimum atomic E-state index is -0.501. The molecule has 0 saturated carbocycles. The first-order valence-electron chi connectivity index (χ1n) is 9.58. The van der Waals surface area contributed by atoms with Crippen molar-refractivity contribution in [2.24, 2.45) is 5.41 Å². The molecular formula is C23H20N2O4. The molecule has 1 aromatic heterocycles. The number of carbonyl (C=O) groups is 1. The van der Waals surface area contributed by atoms with E-state index in [1.807, 2.05) is 42.7 Å². The number of hydrogen-bond acceptors (Lipinski definition) is 5. The van der Waals surface area contributed by atoms with Gasteiger partial charge >= 0.3 is 0 Å². The Morgan fingerprint density at radius 3 is 2.66 bits per heavy atom. The van der Waals surface area contributed by atoms with Gasteiger partial charge in [0.25, 0.3) is 0 Å². The predicted molar refractivity (Wildman–Crippen MR) is 105 cm³/mol. The summed E-state index contributed by atoms with van der Waals surface area (Å²) in [4.78, 5) is 13.2. The molecule has 29 heavy (non-hydrogen) atoms. The highest BCUT2D eigenvalue weighted by Gasteiger charge is 2.44. The minimum absolute atomic E-state index is 0.0261. The van der Waals surface area contributed by atoms with Crippen LogP contribution in [-0.4, -0.2) is 17.1 Å². The zero-order valence-electron chi connectivity index (χ0n) is 16.3. The molecule has 2 aliphatic heterocycles. The van der Waals surface area contributed by atoms with Crippen LogP contribution >= 0.6 is 0 Å². The Kier molecular flexibility index (Phi) is 3.82. The van der Waals surface area contributed by atoms with Gasteiger partial charge in [0.05, 0.1) is 5.92 Å². The number of nitriles is 1. The fourth-order valence-corrected chi connectivity index (χ4v) is 4.33. The molecule has 0 radical (unpaired) electrons. The molecule has 0 N–H and O–H groups in total. The van der Waals surface area contributed by atoms with Crippen LogP contribution in [0.15, 0.2) is 59.6 Å². The van der Waals surface area contributed by atoms with Gasteiger partial charge in [-0.3, -0.25) is 9.36 Å². The van der Waals surface area contributed by atoms with Crippen LogP contribution in [0.2, 0.25) is 0 Å². The van der Waals surface area contributed by atoms with Crippen LogP contribution in [0.4, 0.5) is 0 Å². The molecule has 0 fully saturated rings. The Balaban J connectivity index is 1.72. The molecule has 2 aromatic rings. The Labute approximate surface area is 168 Å². The molecule has 0 spiro atoms. The normalized spacial score (nSPS) is 22.2. The third kappa shape index (κ3) is 2.82.